The van der Waals surface area contributed by atoms with Gasteiger partial charge in [-0.05, 0) is 36.8 Å². The fourth-order valence-corrected chi connectivity index (χ4v) is 4.79. The number of nitriles is 2. The van der Waals surface area contributed by atoms with Gasteiger partial charge in [-0.1, -0.05) is 36.0 Å². The van der Waals surface area contributed by atoms with Crippen LogP contribution in [0.4, 0.5) is 5.82 Å². The van der Waals surface area contributed by atoms with E-state index in [0.717, 1.165) is 5.56 Å². The molecule has 0 saturated heterocycles. The number of benzene rings is 2. The van der Waals surface area contributed by atoms with E-state index in [-0.39, 0.29) is 23.6 Å². The van der Waals surface area contributed by atoms with Crippen molar-refractivity contribution in [2.75, 3.05) is 26.1 Å². The summed E-state index contributed by atoms with van der Waals surface area (Å²) < 4.78 is 16.8. The molecule has 4 rings (SSSR count). The summed E-state index contributed by atoms with van der Waals surface area (Å²) in [6, 6.07) is 18.3. The van der Waals surface area contributed by atoms with Crippen LogP contribution in [-0.4, -0.2) is 46.6 Å². The molecule has 10 nitrogen and oxygen atoms in total. The smallest absolute Gasteiger partial charge is 0.230 e. The molecular weight excluding hydrogens is 518 g/mol. The van der Waals surface area contributed by atoms with Gasteiger partial charge in [0.05, 0.1) is 30.5 Å². The first-order valence-corrected chi connectivity index (χ1v) is 12.8. The summed E-state index contributed by atoms with van der Waals surface area (Å²) in [7, 11) is 1.58. The molecule has 0 amide bonds. The summed E-state index contributed by atoms with van der Waals surface area (Å²) in [6.07, 6.45) is -1.00. The predicted octanol–water partition coefficient (Wildman–Crippen LogP) is 4.07. The minimum Gasteiger partial charge on any atom is -0.496 e. The van der Waals surface area contributed by atoms with Gasteiger partial charge in [-0.2, -0.15) is 10.5 Å². The first kappa shape index (κ1) is 27.5. The molecule has 198 valence electrons. The lowest BCUT2D eigenvalue weighted by Crippen LogP contribution is -2.21. The number of aryl methyl sites for hydroxylation is 1. The molecule has 0 aliphatic rings. The number of anilines is 1. The average molecular weight is 544 g/mol. The molecule has 0 radical (unpaired) electrons. The van der Waals surface area contributed by atoms with Crippen molar-refractivity contribution in [2.45, 2.75) is 23.8 Å². The molecule has 4 N–H and O–H groups in total. The Balaban J connectivity index is 1.64. The van der Waals surface area contributed by atoms with Gasteiger partial charge in [0.1, 0.15) is 58.5 Å². The largest absolute Gasteiger partial charge is 0.496 e. The SMILES string of the molecule is COc1ccccc1-c1nc(CSc2nc(N)c(C#N)c(-c3ccc(OC[C@H](O)CO)cc3)c2C#N)c(C)o1. The molecule has 2 heterocycles. The molecule has 4 aromatic rings. The second-order valence-corrected chi connectivity index (χ2v) is 9.30. The Hall–Kier alpha value is -4.55. The van der Waals surface area contributed by atoms with Gasteiger partial charge in [0.15, 0.2) is 0 Å². The highest BCUT2D eigenvalue weighted by atomic mass is 32.2. The van der Waals surface area contributed by atoms with Gasteiger partial charge in [-0.3, -0.25) is 0 Å². The minimum atomic E-state index is -1.00. The maximum Gasteiger partial charge on any atom is 0.230 e. The zero-order chi connectivity index (χ0) is 27.9. The Kier molecular flexibility index (Phi) is 8.69. The van der Waals surface area contributed by atoms with Crippen molar-refractivity contribution in [1.82, 2.24) is 9.97 Å². The third-order valence-corrected chi connectivity index (χ3v) is 6.77. The number of nitrogens with zero attached hydrogens (tertiary/aromatic N) is 4. The third kappa shape index (κ3) is 5.97. The highest BCUT2D eigenvalue weighted by Gasteiger charge is 2.22. The molecule has 11 heteroatoms. The van der Waals surface area contributed by atoms with Gasteiger partial charge >= 0.3 is 0 Å². The first-order valence-electron chi connectivity index (χ1n) is 11.8. The minimum absolute atomic E-state index is 0.00646. The predicted molar refractivity (Wildman–Crippen MR) is 145 cm³/mol. The van der Waals surface area contributed by atoms with Gasteiger partial charge < -0.3 is 29.8 Å². The third-order valence-electron chi connectivity index (χ3n) is 5.79. The maximum atomic E-state index is 10.1. The van der Waals surface area contributed by atoms with E-state index in [2.05, 4.69) is 22.1 Å². The van der Waals surface area contributed by atoms with E-state index >= 15 is 0 Å². The molecular formula is C28H25N5O5S. The van der Waals surface area contributed by atoms with Crippen LogP contribution in [0.2, 0.25) is 0 Å². The Morgan fingerprint density at radius 1 is 1.08 bits per heavy atom. The zero-order valence-electron chi connectivity index (χ0n) is 21.2. The molecule has 0 unspecified atom stereocenters. The number of hydrogen-bond acceptors (Lipinski definition) is 11. The van der Waals surface area contributed by atoms with Crippen LogP contribution >= 0.6 is 11.8 Å². The summed E-state index contributed by atoms with van der Waals surface area (Å²) in [5.41, 5.74) is 8.78. The summed E-state index contributed by atoms with van der Waals surface area (Å²) in [5, 5.41) is 38.7. The van der Waals surface area contributed by atoms with E-state index in [9.17, 15) is 15.6 Å². The van der Waals surface area contributed by atoms with E-state index in [4.69, 9.17) is 24.7 Å². The Bertz CT molecular complexity index is 1560. The highest BCUT2D eigenvalue weighted by molar-refractivity contribution is 7.98. The fraction of sp³-hybridized carbons (Fsp3) is 0.214. The van der Waals surface area contributed by atoms with E-state index in [1.54, 1.807) is 31.4 Å². The van der Waals surface area contributed by atoms with Crippen LogP contribution in [0.25, 0.3) is 22.6 Å². The van der Waals surface area contributed by atoms with Gasteiger partial charge in [0.2, 0.25) is 5.89 Å². The number of aromatic nitrogens is 2. The lowest BCUT2D eigenvalue weighted by Gasteiger charge is -2.14. The number of thioether (sulfide) groups is 1. The highest BCUT2D eigenvalue weighted by Crippen LogP contribution is 2.38. The number of nitrogens with two attached hydrogens (primary N) is 1. The molecule has 0 bridgehead atoms. The fourth-order valence-electron chi connectivity index (χ4n) is 3.79. The molecule has 1 atom stereocenters. The van der Waals surface area contributed by atoms with E-state index in [1.165, 1.54) is 11.8 Å². The standard InChI is InChI=1S/C28H25N5O5S/c1-16-23(32-27(38-16)20-5-3-4-6-24(20)36-2)15-39-28-22(12-30)25(21(11-29)26(31)33-28)17-7-9-19(10-8-17)37-14-18(35)13-34/h3-10,18,34-35H,13-15H2,1-2H3,(H2,31,33)/t18-/m1/s1. The molecule has 2 aromatic heterocycles. The molecule has 0 saturated carbocycles. The lowest BCUT2D eigenvalue weighted by atomic mass is 9.97. The van der Waals surface area contributed by atoms with Crippen LogP contribution in [0.1, 0.15) is 22.6 Å². The van der Waals surface area contributed by atoms with Crippen LogP contribution in [-0.2, 0) is 5.75 Å². The monoisotopic (exact) mass is 543 g/mol. The Labute approximate surface area is 229 Å². The van der Waals surface area contributed by atoms with Gasteiger partial charge in [-0.25, -0.2) is 9.97 Å². The Morgan fingerprint density at radius 3 is 2.46 bits per heavy atom. The van der Waals surface area contributed by atoms with E-state index in [0.29, 0.717) is 50.7 Å². The first-order chi connectivity index (χ1) is 18.9. The molecule has 0 spiro atoms. The second kappa shape index (κ2) is 12.3. The zero-order valence-corrected chi connectivity index (χ0v) is 22.0. The van der Waals surface area contributed by atoms with Crippen molar-refractivity contribution < 1.29 is 24.1 Å². The molecule has 2 aromatic carbocycles. The molecule has 0 fully saturated rings. The number of nitrogen functional groups attached to an aromatic ring is 1. The summed E-state index contributed by atoms with van der Waals surface area (Å²) >= 11 is 1.26. The van der Waals surface area contributed by atoms with E-state index < -0.39 is 12.7 Å². The maximum absolute atomic E-state index is 10.1. The summed E-state index contributed by atoms with van der Waals surface area (Å²) in [4.78, 5) is 8.99. The average Bonchev–Trinajstić information content (AvgIpc) is 3.34. The number of rotatable bonds is 10. The summed E-state index contributed by atoms with van der Waals surface area (Å²) in [6.45, 7) is 1.32. The normalized spacial score (nSPS) is 11.4. The van der Waals surface area contributed by atoms with Crippen molar-refractivity contribution in [2.24, 2.45) is 0 Å². The van der Waals surface area contributed by atoms with Crippen LogP contribution in [0, 0.1) is 29.6 Å². The molecule has 0 aliphatic carbocycles. The van der Waals surface area contributed by atoms with E-state index in [1.807, 2.05) is 31.2 Å². The number of aliphatic hydroxyl groups is 2. The number of pyridine rings is 1. The number of aliphatic hydroxyl groups excluding tert-OH is 2. The van der Waals surface area contributed by atoms with Crippen LogP contribution in [0.15, 0.2) is 58.0 Å². The quantitative estimate of drug-likeness (QED) is 0.246. The van der Waals surface area contributed by atoms with Crippen molar-refractivity contribution in [3.63, 3.8) is 0 Å². The number of hydrogen-bond donors (Lipinski definition) is 3. The second-order valence-electron chi connectivity index (χ2n) is 8.33. The van der Waals surface area contributed by atoms with Crippen LogP contribution in [0.3, 0.4) is 0 Å². The number of methoxy groups -OCH3 is 1. The topological polar surface area (TPSA) is 171 Å². The summed E-state index contributed by atoms with van der Waals surface area (Å²) in [5.74, 6) is 2.47. The van der Waals surface area contributed by atoms with Crippen molar-refractivity contribution in [1.29, 1.82) is 10.5 Å². The van der Waals surface area contributed by atoms with Crippen molar-refractivity contribution in [3.05, 3.63) is 71.1 Å². The Morgan fingerprint density at radius 2 is 1.79 bits per heavy atom. The molecule has 39 heavy (non-hydrogen) atoms. The van der Waals surface area contributed by atoms with Crippen molar-refractivity contribution in [3.8, 4) is 46.2 Å². The van der Waals surface area contributed by atoms with Crippen molar-refractivity contribution >= 4 is 17.6 Å². The number of ether oxygens (including phenoxy) is 2. The van der Waals surface area contributed by atoms with Crippen LogP contribution < -0.4 is 15.2 Å². The lowest BCUT2D eigenvalue weighted by molar-refractivity contribution is 0.0536. The number of oxazole rings is 1. The van der Waals surface area contributed by atoms with Gasteiger partial charge in [0.25, 0.3) is 0 Å². The molecule has 0 aliphatic heterocycles. The number of para-hydroxylation sites is 1. The van der Waals surface area contributed by atoms with Crippen LogP contribution in [0.5, 0.6) is 11.5 Å². The van der Waals surface area contributed by atoms with Gasteiger partial charge in [0, 0.05) is 11.3 Å². The van der Waals surface area contributed by atoms with Gasteiger partial charge in [-0.15, -0.1) is 0 Å².